The third-order valence-electron chi connectivity index (χ3n) is 2.67. The quantitative estimate of drug-likeness (QED) is 0.624. The molecule has 0 radical (unpaired) electrons. The fourth-order valence-corrected chi connectivity index (χ4v) is 2.82. The Balaban J connectivity index is 2.47. The van der Waals surface area contributed by atoms with Gasteiger partial charge in [-0.1, -0.05) is 42.5 Å². The molecule has 2 rings (SSSR count). The molecule has 0 bridgehead atoms. The van der Waals surface area contributed by atoms with Crippen LogP contribution in [0.5, 0.6) is 0 Å². The lowest BCUT2D eigenvalue weighted by molar-refractivity contribution is 1.33. The van der Waals surface area contributed by atoms with Crippen molar-refractivity contribution < 1.29 is 0 Å². The summed E-state index contributed by atoms with van der Waals surface area (Å²) in [5.41, 5.74) is 4.97. The summed E-state index contributed by atoms with van der Waals surface area (Å²) in [7, 11) is 0. The van der Waals surface area contributed by atoms with Crippen molar-refractivity contribution in [3.8, 4) is 0 Å². The first-order chi connectivity index (χ1) is 7.66. The average molecular weight is 228 g/mol. The van der Waals surface area contributed by atoms with Gasteiger partial charge in [0.15, 0.2) is 0 Å². The van der Waals surface area contributed by atoms with E-state index in [9.17, 15) is 0 Å². The lowest BCUT2D eigenvalue weighted by atomic mass is 10.0. The summed E-state index contributed by atoms with van der Waals surface area (Å²) >= 11 is 1.88. The van der Waals surface area contributed by atoms with Crippen LogP contribution in [0.4, 0.5) is 0 Å². The van der Waals surface area contributed by atoms with Gasteiger partial charge in [0.2, 0.25) is 0 Å². The predicted octanol–water partition coefficient (Wildman–Crippen LogP) is 4.62. The first-order valence-corrected chi connectivity index (χ1v) is 6.43. The zero-order chi connectivity index (χ0) is 11.5. The van der Waals surface area contributed by atoms with Crippen molar-refractivity contribution in [2.24, 2.45) is 0 Å². The number of rotatable bonds is 0. The highest BCUT2D eigenvalue weighted by Crippen LogP contribution is 2.30. The van der Waals surface area contributed by atoms with Gasteiger partial charge in [0.25, 0.3) is 0 Å². The number of thioether (sulfide) groups is 1. The predicted molar refractivity (Wildman–Crippen MR) is 73.8 cm³/mol. The largest absolute Gasteiger partial charge is 0.121 e. The Hall–Kier alpha value is -1.21. The fourth-order valence-electron chi connectivity index (χ4n) is 1.67. The molecular formula is C15H16S. The number of hydrogen-bond donors (Lipinski definition) is 0. The van der Waals surface area contributed by atoms with E-state index in [1.54, 1.807) is 0 Å². The standard InChI is InChI=1S/C15H16S/c1-11-4-6-13(3)14-7-5-12(2)10-15(14)16-9-8-11/h4-8,10H,3,9H2,1-2H3/b6-4-,11-8-. The van der Waals surface area contributed by atoms with Gasteiger partial charge >= 0.3 is 0 Å². The van der Waals surface area contributed by atoms with Gasteiger partial charge in [-0.05, 0) is 36.6 Å². The lowest BCUT2D eigenvalue weighted by Gasteiger charge is -2.08. The SMILES string of the molecule is C=C1/C=C\C(C)=C/CSc2cc(C)ccc21. The molecule has 1 aromatic carbocycles. The van der Waals surface area contributed by atoms with Crippen LogP contribution in [-0.4, -0.2) is 5.75 Å². The molecule has 0 fully saturated rings. The maximum absolute atomic E-state index is 4.14. The molecule has 1 aliphatic rings. The Morgan fingerprint density at radius 3 is 2.81 bits per heavy atom. The van der Waals surface area contributed by atoms with Crippen molar-refractivity contribution >= 4 is 17.3 Å². The molecule has 0 nitrogen and oxygen atoms in total. The van der Waals surface area contributed by atoms with E-state index in [1.165, 1.54) is 21.6 Å². The zero-order valence-electron chi connectivity index (χ0n) is 9.79. The smallest absolute Gasteiger partial charge is 0.0166 e. The van der Waals surface area contributed by atoms with E-state index in [1.807, 2.05) is 11.8 Å². The fraction of sp³-hybridized carbons (Fsp3) is 0.200. The van der Waals surface area contributed by atoms with E-state index in [2.05, 4.69) is 56.9 Å². The Labute approximate surface area is 102 Å². The van der Waals surface area contributed by atoms with Gasteiger partial charge in [0, 0.05) is 10.6 Å². The third-order valence-corrected chi connectivity index (χ3v) is 3.66. The zero-order valence-corrected chi connectivity index (χ0v) is 10.6. The second-order valence-electron chi connectivity index (χ2n) is 4.12. The number of allylic oxidation sites excluding steroid dienone is 4. The first-order valence-electron chi connectivity index (χ1n) is 5.44. The number of benzene rings is 1. The molecule has 0 unspecified atom stereocenters. The van der Waals surface area contributed by atoms with Crippen molar-refractivity contribution in [2.75, 3.05) is 5.75 Å². The molecule has 1 heterocycles. The van der Waals surface area contributed by atoms with Crippen molar-refractivity contribution in [3.63, 3.8) is 0 Å². The van der Waals surface area contributed by atoms with Crippen LogP contribution >= 0.6 is 11.8 Å². The molecule has 82 valence electrons. The summed E-state index contributed by atoms with van der Waals surface area (Å²) < 4.78 is 0. The minimum Gasteiger partial charge on any atom is -0.121 e. The molecule has 0 aromatic heterocycles. The molecule has 16 heavy (non-hydrogen) atoms. The van der Waals surface area contributed by atoms with Gasteiger partial charge in [0.05, 0.1) is 0 Å². The normalized spacial score (nSPS) is 21.1. The Kier molecular flexibility index (Phi) is 3.35. The second kappa shape index (κ2) is 4.75. The summed E-state index contributed by atoms with van der Waals surface area (Å²) in [5, 5.41) is 0. The summed E-state index contributed by atoms with van der Waals surface area (Å²) in [6, 6.07) is 6.56. The highest BCUT2D eigenvalue weighted by molar-refractivity contribution is 7.99. The van der Waals surface area contributed by atoms with E-state index in [0.29, 0.717) is 0 Å². The maximum Gasteiger partial charge on any atom is 0.0166 e. The molecule has 0 saturated carbocycles. The van der Waals surface area contributed by atoms with E-state index in [0.717, 1.165) is 11.3 Å². The average Bonchev–Trinajstić information content (AvgIpc) is 2.31. The van der Waals surface area contributed by atoms with Crippen LogP contribution in [0.25, 0.3) is 5.57 Å². The van der Waals surface area contributed by atoms with E-state index >= 15 is 0 Å². The summed E-state index contributed by atoms with van der Waals surface area (Å²) in [4.78, 5) is 1.33. The highest BCUT2D eigenvalue weighted by Gasteiger charge is 2.06. The summed E-state index contributed by atoms with van der Waals surface area (Å²) in [6.45, 7) is 8.40. The van der Waals surface area contributed by atoms with Crippen LogP contribution < -0.4 is 0 Å². The third kappa shape index (κ3) is 2.48. The molecule has 0 atom stereocenters. The summed E-state index contributed by atoms with van der Waals surface area (Å²) in [5.74, 6) is 1.03. The van der Waals surface area contributed by atoms with Gasteiger partial charge in [-0.3, -0.25) is 0 Å². The Morgan fingerprint density at radius 2 is 2.00 bits per heavy atom. The maximum atomic E-state index is 4.14. The molecule has 0 amide bonds. The molecule has 0 spiro atoms. The summed E-state index contributed by atoms with van der Waals surface area (Å²) in [6.07, 6.45) is 6.50. The number of hydrogen-bond acceptors (Lipinski definition) is 1. The molecule has 0 N–H and O–H groups in total. The minimum atomic E-state index is 1.03. The lowest BCUT2D eigenvalue weighted by Crippen LogP contribution is -1.86. The van der Waals surface area contributed by atoms with Gasteiger partial charge in [-0.25, -0.2) is 0 Å². The molecule has 0 aliphatic carbocycles. The van der Waals surface area contributed by atoms with Crippen molar-refractivity contribution in [3.05, 3.63) is 59.7 Å². The van der Waals surface area contributed by atoms with Crippen molar-refractivity contribution in [1.82, 2.24) is 0 Å². The van der Waals surface area contributed by atoms with Crippen molar-refractivity contribution in [1.29, 1.82) is 0 Å². The molecule has 1 heteroatoms. The molecule has 1 aromatic rings. The van der Waals surface area contributed by atoms with E-state index in [-0.39, 0.29) is 0 Å². The topological polar surface area (TPSA) is 0 Å². The Bertz CT molecular complexity index is 478. The van der Waals surface area contributed by atoms with Gasteiger partial charge in [0.1, 0.15) is 0 Å². The Morgan fingerprint density at radius 1 is 1.19 bits per heavy atom. The number of fused-ring (bicyclic) bond motifs is 1. The van der Waals surface area contributed by atoms with E-state index in [4.69, 9.17) is 0 Å². The first kappa shape index (κ1) is 11.3. The van der Waals surface area contributed by atoms with Crippen LogP contribution in [-0.2, 0) is 0 Å². The van der Waals surface area contributed by atoms with Gasteiger partial charge in [-0.15, -0.1) is 11.8 Å². The highest BCUT2D eigenvalue weighted by atomic mass is 32.2. The molecule has 0 saturated heterocycles. The van der Waals surface area contributed by atoms with Crippen LogP contribution in [0.1, 0.15) is 18.1 Å². The number of aryl methyl sites for hydroxylation is 1. The van der Waals surface area contributed by atoms with E-state index < -0.39 is 0 Å². The van der Waals surface area contributed by atoms with Crippen molar-refractivity contribution in [2.45, 2.75) is 18.7 Å². The monoisotopic (exact) mass is 228 g/mol. The van der Waals surface area contributed by atoms with Gasteiger partial charge in [-0.2, -0.15) is 0 Å². The van der Waals surface area contributed by atoms with Crippen LogP contribution in [0.3, 0.4) is 0 Å². The van der Waals surface area contributed by atoms with Crippen LogP contribution in [0.15, 0.2) is 53.5 Å². The minimum absolute atomic E-state index is 1.03. The molecular weight excluding hydrogens is 212 g/mol. The van der Waals surface area contributed by atoms with Crippen LogP contribution in [0.2, 0.25) is 0 Å². The van der Waals surface area contributed by atoms with Gasteiger partial charge < -0.3 is 0 Å². The second-order valence-corrected chi connectivity index (χ2v) is 5.18. The molecule has 1 aliphatic heterocycles. The van der Waals surface area contributed by atoms with Crippen LogP contribution in [0, 0.1) is 6.92 Å².